The van der Waals surface area contributed by atoms with Gasteiger partial charge in [0.2, 0.25) is 0 Å². The van der Waals surface area contributed by atoms with Crippen LogP contribution < -0.4 is 10.5 Å². The van der Waals surface area contributed by atoms with Crippen LogP contribution >= 0.6 is 11.6 Å². The van der Waals surface area contributed by atoms with E-state index >= 15 is 0 Å². The monoisotopic (exact) mass is 304 g/mol. The van der Waals surface area contributed by atoms with E-state index in [-0.39, 0.29) is 6.04 Å². The van der Waals surface area contributed by atoms with Gasteiger partial charge in [-0.15, -0.1) is 0 Å². The van der Waals surface area contributed by atoms with E-state index in [1.165, 1.54) is 0 Å². The van der Waals surface area contributed by atoms with Gasteiger partial charge in [0, 0.05) is 12.2 Å². The van der Waals surface area contributed by atoms with Crippen molar-refractivity contribution in [2.75, 3.05) is 0 Å². The molecule has 1 atom stereocenters. The van der Waals surface area contributed by atoms with E-state index in [1.54, 1.807) is 6.20 Å². The highest BCUT2D eigenvalue weighted by molar-refractivity contribution is 6.32. The Morgan fingerprint density at radius 2 is 2.10 bits per heavy atom. The molecule has 1 heterocycles. The van der Waals surface area contributed by atoms with E-state index in [4.69, 9.17) is 22.1 Å². The lowest BCUT2D eigenvalue weighted by Crippen LogP contribution is -2.21. The number of halogens is 1. The Balaban J connectivity index is 2.17. The van der Waals surface area contributed by atoms with Gasteiger partial charge < -0.3 is 10.5 Å². The van der Waals surface area contributed by atoms with Crippen LogP contribution in [0.25, 0.3) is 0 Å². The Morgan fingerprint density at radius 3 is 2.81 bits per heavy atom. The van der Waals surface area contributed by atoms with Crippen molar-refractivity contribution in [1.82, 2.24) is 4.98 Å². The van der Waals surface area contributed by atoms with Crippen LogP contribution in [0.1, 0.15) is 30.2 Å². The van der Waals surface area contributed by atoms with Gasteiger partial charge in [0.1, 0.15) is 12.4 Å². The maximum Gasteiger partial charge on any atom is 0.141 e. The van der Waals surface area contributed by atoms with Crippen molar-refractivity contribution in [3.8, 4) is 5.75 Å². The Morgan fingerprint density at radius 1 is 1.29 bits per heavy atom. The lowest BCUT2D eigenvalue weighted by Gasteiger charge is -2.16. The zero-order valence-corrected chi connectivity index (χ0v) is 13.2. The summed E-state index contributed by atoms with van der Waals surface area (Å²) in [5.41, 5.74) is 9.12. The maximum absolute atomic E-state index is 6.28. The summed E-state index contributed by atoms with van der Waals surface area (Å²) in [6.07, 6.45) is 3.45. The van der Waals surface area contributed by atoms with Crippen LogP contribution in [0.5, 0.6) is 5.75 Å². The fourth-order valence-corrected chi connectivity index (χ4v) is 2.36. The molecule has 21 heavy (non-hydrogen) atoms. The number of nitrogens with zero attached hydrogens (tertiary/aromatic N) is 1. The van der Waals surface area contributed by atoms with Crippen molar-refractivity contribution in [3.05, 3.63) is 58.4 Å². The Kier molecular flexibility index (Phi) is 5.59. The van der Waals surface area contributed by atoms with Gasteiger partial charge in [0.05, 0.1) is 10.7 Å². The molecule has 2 rings (SSSR count). The Labute approximate surface area is 131 Å². The van der Waals surface area contributed by atoms with E-state index < -0.39 is 0 Å². The number of aryl methyl sites for hydroxylation is 1. The summed E-state index contributed by atoms with van der Waals surface area (Å²) in [6.45, 7) is 4.50. The molecular weight excluding hydrogens is 284 g/mol. The average molecular weight is 305 g/mol. The number of pyridine rings is 1. The van der Waals surface area contributed by atoms with Crippen molar-refractivity contribution in [2.24, 2.45) is 5.73 Å². The molecule has 1 aromatic heterocycles. The lowest BCUT2D eigenvalue weighted by atomic mass is 10.0. The summed E-state index contributed by atoms with van der Waals surface area (Å²) >= 11 is 6.28. The first kappa shape index (κ1) is 15.8. The Hall–Kier alpha value is -1.58. The number of nitrogens with two attached hydrogens (primary N) is 1. The topological polar surface area (TPSA) is 48.1 Å². The SMILES string of the molecule is CCC(N)Cc1cccc(Cl)c1OCc1ncccc1C. The number of para-hydroxylation sites is 1. The molecule has 1 aromatic carbocycles. The second-order valence-corrected chi connectivity index (χ2v) is 5.56. The number of hydrogen-bond donors (Lipinski definition) is 1. The molecule has 2 N–H and O–H groups in total. The van der Waals surface area contributed by atoms with Gasteiger partial charge in [-0.3, -0.25) is 4.98 Å². The molecule has 0 aliphatic rings. The van der Waals surface area contributed by atoms with E-state index in [9.17, 15) is 0 Å². The van der Waals surface area contributed by atoms with E-state index in [0.717, 1.165) is 29.7 Å². The molecule has 0 aliphatic carbocycles. The number of rotatable bonds is 6. The Bertz CT molecular complexity index is 601. The van der Waals surface area contributed by atoms with Crippen LogP contribution in [0.3, 0.4) is 0 Å². The molecule has 0 saturated heterocycles. The lowest BCUT2D eigenvalue weighted by molar-refractivity contribution is 0.296. The third kappa shape index (κ3) is 4.19. The van der Waals surface area contributed by atoms with Crippen molar-refractivity contribution in [1.29, 1.82) is 0 Å². The van der Waals surface area contributed by atoms with Gasteiger partial charge in [0.15, 0.2) is 0 Å². The number of aromatic nitrogens is 1. The normalized spacial score (nSPS) is 12.2. The second-order valence-electron chi connectivity index (χ2n) is 5.16. The fraction of sp³-hybridized carbons (Fsp3) is 0.353. The van der Waals surface area contributed by atoms with E-state index in [2.05, 4.69) is 11.9 Å². The molecule has 0 spiro atoms. The predicted octanol–water partition coefficient (Wildman–Crippen LogP) is 3.90. The van der Waals surface area contributed by atoms with Gasteiger partial charge >= 0.3 is 0 Å². The molecule has 2 aromatic rings. The highest BCUT2D eigenvalue weighted by Crippen LogP contribution is 2.30. The van der Waals surface area contributed by atoms with Gasteiger partial charge in [-0.1, -0.05) is 36.7 Å². The van der Waals surface area contributed by atoms with Crippen molar-refractivity contribution in [2.45, 2.75) is 39.3 Å². The molecule has 0 radical (unpaired) electrons. The smallest absolute Gasteiger partial charge is 0.141 e. The minimum Gasteiger partial charge on any atom is -0.485 e. The van der Waals surface area contributed by atoms with Gasteiger partial charge in [-0.2, -0.15) is 0 Å². The third-order valence-electron chi connectivity index (χ3n) is 3.53. The van der Waals surface area contributed by atoms with Gasteiger partial charge in [0.25, 0.3) is 0 Å². The number of hydrogen-bond acceptors (Lipinski definition) is 3. The van der Waals surface area contributed by atoms with Crippen LogP contribution in [0.15, 0.2) is 36.5 Å². The fourth-order valence-electron chi connectivity index (χ4n) is 2.11. The number of ether oxygens (including phenoxy) is 1. The summed E-state index contributed by atoms with van der Waals surface area (Å²) < 4.78 is 5.93. The van der Waals surface area contributed by atoms with Crippen molar-refractivity contribution < 1.29 is 4.74 Å². The minimum atomic E-state index is 0.113. The highest BCUT2D eigenvalue weighted by Gasteiger charge is 2.12. The average Bonchev–Trinajstić information content (AvgIpc) is 2.48. The molecule has 0 amide bonds. The zero-order chi connectivity index (χ0) is 15.2. The molecule has 1 unspecified atom stereocenters. The molecule has 112 valence electrons. The van der Waals surface area contributed by atoms with Crippen LogP contribution in [0.4, 0.5) is 0 Å². The molecule has 0 bridgehead atoms. The molecule has 0 fully saturated rings. The quantitative estimate of drug-likeness (QED) is 0.880. The standard InChI is InChI=1S/C17H21ClN2O/c1-3-14(19)10-13-7-4-8-15(18)17(13)21-11-16-12(2)6-5-9-20-16/h4-9,14H,3,10-11,19H2,1-2H3. The van der Waals surface area contributed by atoms with Crippen LogP contribution in [-0.4, -0.2) is 11.0 Å². The summed E-state index contributed by atoms with van der Waals surface area (Å²) in [7, 11) is 0. The first-order valence-corrected chi connectivity index (χ1v) is 7.55. The van der Waals surface area contributed by atoms with Crippen LogP contribution in [0, 0.1) is 6.92 Å². The molecule has 0 aliphatic heterocycles. The van der Waals surface area contributed by atoms with Crippen molar-refractivity contribution in [3.63, 3.8) is 0 Å². The van der Waals surface area contributed by atoms with Crippen LogP contribution in [0.2, 0.25) is 5.02 Å². The predicted molar refractivity (Wildman–Crippen MR) is 86.7 cm³/mol. The molecule has 3 nitrogen and oxygen atoms in total. The van der Waals surface area contributed by atoms with E-state index in [0.29, 0.717) is 17.4 Å². The first-order valence-electron chi connectivity index (χ1n) is 7.18. The second kappa shape index (κ2) is 7.43. The van der Waals surface area contributed by atoms with E-state index in [1.807, 2.05) is 37.3 Å². The largest absolute Gasteiger partial charge is 0.485 e. The van der Waals surface area contributed by atoms with Crippen LogP contribution in [-0.2, 0) is 13.0 Å². The number of benzene rings is 1. The van der Waals surface area contributed by atoms with Gasteiger partial charge in [-0.05, 0) is 43.0 Å². The summed E-state index contributed by atoms with van der Waals surface area (Å²) in [5.74, 6) is 0.716. The van der Waals surface area contributed by atoms with Crippen molar-refractivity contribution >= 4 is 11.6 Å². The molecular formula is C17H21ClN2O. The third-order valence-corrected chi connectivity index (χ3v) is 3.82. The molecule has 0 saturated carbocycles. The minimum absolute atomic E-state index is 0.113. The zero-order valence-electron chi connectivity index (χ0n) is 12.5. The highest BCUT2D eigenvalue weighted by atomic mass is 35.5. The summed E-state index contributed by atoms with van der Waals surface area (Å²) in [5, 5.41) is 0.615. The summed E-state index contributed by atoms with van der Waals surface area (Å²) in [4.78, 5) is 4.34. The molecule has 4 heteroatoms. The van der Waals surface area contributed by atoms with Gasteiger partial charge in [-0.25, -0.2) is 0 Å². The maximum atomic E-state index is 6.28. The summed E-state index contributed by atoms with van der Waals surface area (Å²) in [6, 6.07) is 9.83. The first-order chi connectivity index (χ1) is 10.1.